The summed E-state index contributed by atoms with van der Waals surface area (Å²) >= 11 is 3.45. The molecule has 0 radical (unpaired) electrons. The molecule has 26 heavy (non-hydrogen) atoms. The molecule has 0 atom stereocenters. The van der Waals surface area contributed by atoms with Gasteiger partial charge in [-0.25, -0.2) is 4.68 Å². The lowest BCUT2D eigenvalue weighted by Gasteiger charge is -2.10. The fourth-order valence-electron chi connectivity index (χ4n) is 2.28. The van der Waals surface area contributed by atoms with Crippen molar-refractivity contribution in [1.29, 1.82) is 0 Å². The molecule has 0 saturated carbocycles. The molecule has 10 heteroatoms. The molecule has 3 aromatic rings. The maximum absolute atomic E-state index is 12.5. The Hall–Kier alpha value is -2.62. The van der Waals surface area contributed by atoms with Crippen molar-refractivity contribution in [1.82, 2.24) is 19.6 Å². The van der Waals surface area contributed by atoms with E-state index in [1.54, 1.807) is 10.7 Å². The summed E-state index contributed by atoms with van der Waals surface area (Å²) in [6.07, 6.45) is -1.90. The number of alkyl halides is 3. The number of nitrogens with one attached hydrogen (secondary N) is 1. The summed E-state index contributed by atoms with van der Waals surface area (Å²) in [6, 6.07) is 10.0. The maximum atomic E-state index is 12.5. The predicted molar refractivity (Wildman–Crippen MR) is 91.3 cm³/mol. The Kier molecular flexibility index (Phi) is 5.12. The van der Waals surface area contributed by atoms with Crippen molar-refractivity contribution in [2.75, 3.05) is 5.32 Å². The number of hydrogen-bond donors (Lipinski definition) is 1. The summed E-state index contributed by atoms with van der Waals surface area (Å²) in [5, 5.41) is 10.1. The van der Waals surface area contributed by atoms with E-state index in [0.29, 0.717) is 12.4 Å². The minimum atomic E-state index is -4.54. The molecule has 0 saturated heterocycles. The van der Waals surface area contributed by atoms with Crippen LogP contribution in [0.2, 0.25) is 0 Å². The molecule has 6 nitrogen and oxygen atoms in total. The van der Waals surface area contributed by atoms with Crippen molar-refractivity contribution in [3.8, 4) is 0 Å². The number of nitrogens with zero attached hydrogens (tertiary/aromatic N) is 4. The van der Waals surface area contributed by atoms with Gasteiger partial charge >= 0.3 is 6.18 Å². The lowest BCUT2D eigenvalue weighted by Crippen LogP contribution is -2.22. The monoisotopic (exact) mass is 427 g/mol. The molecule has 3 rings (SSSR count). The van der Waals surface area contributed by atoms with Crippen LogP contribution in [0.3, 0.4) is 0 Å². The van der Waals surface area contributed by atoms with Crippen molar-refractivity contribution < 1.29 is 18.0 Å². The Morgan fingerprint density at radius 2 is 1.96 bits per heavy atom. The van der Waals surface area contributed by atoms with Crippen molar-refractivity contribution in [3.63, 3.8) is 0 Å². The van der Waals surface area contributed by atoms with E-state index >= 15 is 0 Å². The Balaban J connectivity index is 1.66. The molecule has 2 aromatic heterocycles. The van der Waals surface area contributed by atoms with Gasteiger partial charge in [0.15, 0.2) is 5.69 Å². The minimum Gasteiger partial charge on any atom is -0.309 e. The third kappa shape index (κ3) is 4.31. The molecule has 2 heterocycles. The Labute approximate surface area is 154 Å². The molecular formula is C16H13BrF3N5O. The zero-order valence-electron chi connectivity index (χ0n) is 13.2. The lowest BCUT2D eigenvalue weighted by molar-refractivity contribution is -0.141. The highest BCUT2D eigenvalue weighted by atomic mass is 79.9. The normalized spacial score (nSPS) is 11.5. The quantitative estimate of drug-likeness (QED) is 0.676. The average molecular weight is 428 g/mol. The fourth-order valence-corrected chi connectivity index (χ4v) is 2.69. The molecule has 0 unspecified atom stereocenters. The van der Waals surface area contributed by atoms with E-state index in [1.165, 1.54) is 6.20 Å². The third-order valence-corrected chi connectivity index (χ3v) is 4.27. The van der Waals surface area contributed by atoms with E-state index in [0.717, 1.165) is 27.0 Å². The molecule has 0 aliphatic heterocycles. The van der Waals surface area contributed by atoms with Gasteiger partial charge in [0, 0.05) is 16.7 Å². The molecule has 1 amide bonds. The smallest absolute Gasteiger partial charge is 0.309 e. The SMILES string of the molecule is O=C(Cn1ccc(C(F)(F)F)n1)Nc1ccnn1Cc1ccccc1Br. The van der Waals surface area contributed by atoms with Crippen LogP contribution >= 0.6 is 15.9 Å². The Bertz CT molecular complexity index is 919. The number of amides is 1. The Morgan fingerprint density at radius 1 is 1.19 bits per heavy atom. The van der Waals surface area contributed by atoms with E-state index in [4.69, 9.17) is 0 Å². The van der Waals surface area contributed by atoms with Gasteiger partial charge in [0.05, 0.1) is 12.7 Å². The van der Waals surface area contributed by atoms with Gasteiger partial charge < -0.3 is 5.32 Å². The molecular weight excluding hydrogens is 415 g/mol. The largest absolute Gasteiger partial charge is 0.435 e. The van der Waals surface area contributed by atoms with Crippen molar-refractivity contribution in [3.05, 3.63) is 64.5 Å². The number of carbonyl (C=O) groups is 1. The summed E-state index contributed by atoms with van der Waals surface area (Å²) in [7, 11) is 0. The maximum Gasteiger partial charge on any atom is 0.435 e. The van der Waals surface area contributed by atoms with Gasteiger partial charge in [-0.15, -0.1) is 0 Å². The number of aromatic nitrogens is 4. The second kappa shape index (κ2) is 7.32. The van der Waals surface area contributed by atoms with Gasteiger partial charge in [0.2, 0.25) is 5.91 Å². The van der Waals surface area contributed by atoms with Crippen LogP contribution in [0, 0.1) is 0 Å². The van der Waals surface area contributed by atoms with Crippen LogP contribution in [-0.4, -0.2) is 25.5 Å². The number of carbonyl (C=O) groups excluding carboxylic acids is 1. The zero-order valence-corrected chi connectivity index (χ0v) is 14.8. The van der Waals surface area contributed by atoms with E-state index in [9.17, 15) is 18.0 Å². The third-order valence-electron chi connectivity index (χ3n) is 3.50. The minimum absolute atomic E-state index is 0.337. The average Bonchev–Trinajstić information content (AvgIpc) is 3.19. The topological polar surface area (TPSA) is 64.7 Å². The van der Waals surface area contributed by atoms with Gasteiger partial charge in [-0.3, -0.25) is 9.48 Å². The molecule has 0 aliphatic carbocycles. The summed E-state index contributed by atoms with van der Waals surface area (Å²) in [6.45, 7) is 0.0837. The summed E-state index contributed by atoms with van der Waals surface area (Å²) < 4.78 is 41.1. The van der Waals surface area contributed by atoms with Gasteiger partial charge in [0.25, 0.3) is 0 Å². The molecule has 0 fully saturated rings. The number of rotatable bonds is 5. The van der Waals surface area contributed by atoms with Gasteiger partial charge in [-0.05, 0) is 17.7 Å². The van der Waals surface area contributed by atoms with Crippen molar-refractivity contribution in [2.24, 2.45) is 0 Å². The van der Waals surface area contributed by atoms with Crippen molar-refractivity contribution in [2.45, 2.75) is 19.3 Å². The van der Waals surface area contributed by atoms with E-state index in [-0.39, 0.29) is 6.54 Å². The zero-order chi connectivity index (χ0) is 18.7. The Morgan fingerprint density at radius 3 is 2.65 bits per heavy atom. The van der Waals surface area contributed by atoms with Crippen LogP contribution in [-0.2, 0) is 24.1 Å². The van der Waals surface area contributed by atoms with Gasteiger partial charge in [-0.2, -0.15) is 23.4 Å². The van der Waals surface area contributed by atoms with Gasteiger partial charge in [0.1, 0.15) is 12.4 Å². The van der Waals surface area contributed by atoms with Crippen LogP contribution in [0.1, 0.15) is 11.3 Å². The number of anilines is 1. The van der Waals surface area contributed by atoms with Crippen molar-refractivity contribution >= 4 is 27.7 Å². The molecule has 1 N–H and O–H groups in total. The molecule has 1 aromatic carbocycles. The van der Waals surface area contributed by atoms with Crippen LogP contribution in [0.25, 0.3) is 0 Å². The van der Waals surface area contributed by atoms with E-state index in [2.05, 4.69) is 31.4 Å². The first-order valence-electron chi connectivity index (χ1n) is 7.48. The second-order valence-electron chi connectivity index (χ2n) is 5.41. The first-order valence-corrected chi connectivity index (χ1v) is 8.28. The first kappa shape index (κ1) is 18.2. The van der Waals surface area contributed by atoms with E-state index < -0.39 is 17.8 Å². The number of benzene rings is 1. The van der Waals surface area contributed by atoms with Crippen LogP contribution in [0.4, 0.5) is 19.0 Å². The lowest BCUT2D eigenvalue weighted by atomic mass is 10.2. The van der Waals surface area contributed by atoms with Crippen LogP contribution in [0.15, 0.2) is 53.3 Å². The highest BCUT2D eigenvalue weighted by Crippen LogP contribution is 2.27. The van der Waals surface area contributed by atoms with Crippen LogP contribution < -0.4 is 5.32 Å². The van der Waals surface area contributed by atoms with E-state index in [1.807, 2.05) is 24.3 Å². The standard InChI is InChI=1S/C16H13BrF3N5O/c17-12-4-2-1-3-11(12)9-25-14(5-7-21-25)22-15(26)10-24-8-6-13(23-24)16(18,19)20/h1-8H,9-10H2,(H,22,26). The summed E-state index contributed by atoms with van der Waals surface area (Å²) in [5.41, 5.74) is -0.0714. The molecule has 136 valence electrons. The fraction of sp³-hybridized carbons (Fsp3) is 0.188. The second-order valence-corrected chi connectivity index (χ2v) is 6.26. The summed E-state index contributed by atoms with van der Waals surface area (Å²) in [5.74, 6) is -0.0651. The number of hydrogen-bond acceptors (Lipinski definition) is 3. The molecule has 0 bridgehead atoms. The first-order chi connectivity index (χ1) is 12.3. The predicted octanol–water partition coefficient (Wildman–Crippen LogP) is 3.55. The highest BCUT2D eigenvalue weighted by Gasteiger charge is 2.33. The highest BCUT2D eigenvalue weighted by molar-refractivity contribution is 9.10. The molecule has 0 aliphatic rings. The van der Waals surface area contributed by atoms with Crippen LogP contribution in [0.5, 0.6) is 0 Å². The summed E-state index contributed by atoms with van der Waals surface area (Å²) in [4.78, 5) is 12.1. The number of halogens is 4. The molecule has 0 spiro atoms. The van der Waals surface area contributed by atoms with Gasteiger partial charge in [-0.1, -0.05) is 34.1 Å².